The summed E-state index contributed by atoms with van der Waals surface area (Å²) in [6.07, 6.45) is 8.66. The Morgan fingerprint density at radius 2 is 2.00 bits per heavy atom. The van der Waals surface area contributed by atoms with Crippen LogP contribution >= 0.6 is 0 Å². The van der Waals surface area contributed by atoms with Gasteiger partial charge in [-0.2, -0.15) is 0 Å². The predicted octanol–water partition coefficient (Wildman–Crippen LogP) is 2.66. The van der Waals surface area contributed by atoms with Crippen molar-refractivity contribution in [2.75, 3.05) is 33.3 Å². The normalized spacial score (nSPS) is 30.9. The Balaban J connectivity index is 1.94. The average Bonchev–Trinajstić information content (AvgIpc) is 2.84. The zero-order chi connectivity index (χ0) is 13.7. The van der Waals surface area contributed by atoms with Crippen LogP contribution in [0.3, 0.4) is 0 Å². The van der Waals surface area contributed by atoms with Gasteiger partial charge in [-0.1, -0.05) is 26.2 Å². The summed E-state index contributed by atoms with van der Waals surface area (Å²) in [7, 11) is 2.30. The SMILES string of the molecule is CCNCC1(CN(C)C2CCOC2C)CCCCC1. The van der Waals surface area contributed by atoms with Crippen molar-refractivity contribution < 1.29 is 4.74 Å². The molecule has 0 spiro atoms. The average molecular weight is 268 g/mol. The number of nitrogens with zero attached hydrogens (tertiary/aromatic N) is 1. The van der Waals surface area contributed by atoms with Gasteiger partial charge >= 0.3 is 0 Å². The van der Waals surface area contributed by atoms with E-state index in [1.54, 1.807) is 0 Å². The molecule has 19 heavy (non-hydrogen) atoms. The number of ether oxygens (including phenoxy) is 1. The molecule has 1 aliphatic heterocycles. The Kier molecular flexibility index (Phi) is 5.67. The predicted molar refractivity (Wildman–Crippen MR) is 80.5 cm³/mol. The first-order valence-electron chi connectivity index (χ1n) is 8.19. The van der Waals surface area contributed by atoms with Crippen molar-refractivity contribution in [1.29, 1.82) is 0 Å². The number of rotatable bonds is 6. The third-order valence-corrected chi connectivity index (χ3v) is 5.15. The van der Waals surface area contributed by atoms with Crippen LogP contribution in [0.1, 0.15) is 52.4 Å². The van der Waals surface area contributed by atoms with Gasteiger partial charge in [0.2, 0.25) is 0 Å². The zero-order valence-electron chi connectivity index (χ0n) is 13.1. The Labute approximate surface area is 119 Å². The molecule has 3 heteroatoms. The minimum Gasteiger partial charge on any atom is -0.377 e. The first-order valence-corrected chi connectivity index (χ1v) is 8.19. The van der Waals surface area contributed by atoms with Crippen LogP contribution in [0.5, 0.6) is 0 Å². The second-order valence-electron chi connectivity index (χ2n) is 6.69. The smallest absolute Gasteiger partial charge is 0.0702 e. The van der Waals surface area contributed by atoms with Gasteiger partial charge in [-0.3, -0.25) is 0 Å². The van der Waals surface area contributed by atoms with Gasteiger partial charge in [0.25, 0.3) is 0 Å². The van der Waals surface area contributed by atoms with Crippen molar-refractivity contribution in [3.8, 4) is 0 Å². The van der Waals surface area contributed by atoms with Gasteiger partial charge in [0.1, 0.15) is 0 Å². The van der Waals surface area contributed by atoms with Crippen molar-refractivity contribution in [2.45, 2.75) is 64.5 Å². The summed E-state index contributed by atoms with van der Waals surface area (Å²) in [5, 5.41) is 3.61. The van der Waals surface area contributed by atoms with E-state index in [2.05, 4.69) is 31.1 Å². The fourth-order valence-electron chi connectivity index (χ4n) is 4.03. The Morgan fingerprint density at radius 3 is 2.58 bits per heavy atom. The van der Waals surface area contributed by atoms with Crippen LogP contribution in [0.25, 0.3) is 0 Å². The summed E-state index contributed by atoms with van der Waals surface area (Å²) in [5.41, 5.74) is 0.505. The van der Waals surface area contributed by atoms with Crippen LogP contribution in [-0.4, -0.2) is 50.3 Å². The molecule has 2 rings (SSSR count). The van der Waals surface area contributed by atoms with E-state index >= 15 is 0 Å². The summed E-state index contributed by atoms with van der Waals surface area (Å²) in [6, 6.07) is 0.625. The fraction of sp³-hybridized carbons (Fsp3) is 1.00. The molecule has 1 heterocycles. The molecule has 1 aliphatic carbocycles. The van der Waals surface area contributed by atoms with Gasteiger partial charge in [0.05, 0.1) is 6.10 Å². The Morgan fingerprint density at radius 1 is 1.26 bits per heavy atom. The molecule has 2 aliphatic rings. The molecule has 0 aromatic carbocycles. The van der Waals surface area contributed by atoms with Crippen LogP contribution in [-0.2, 0) is 4.74 Å². The van der Waals surface area contributed by atoms with Gasteiger partial charge in [-0.05, 0) is 45.2 Å². The van der Waals surface area contributed by atoms with E-state index in [1.807, 2.05) is 0 Å². The number of nitrogens with one attached hydrogen (secondary N) is 1. The first kappa shape index (κ1) is 15.3. The molecule has 0 amide bonds. The minimum atomic E-state index is 0.407. The van der Waals surface area contributed by atoms with Crippen LogP contribution in [0, 0.1) is 5.41 Å². The van der Waals surface area contributed by atoms with E-state index in [1.165, 1.54) is 51.6 Å². The molecule has 2 atom stereocenters. The van der Waals surface area contributed by atoms with Crippen LogP contribution < -0.4 is 5.32 Å². The van der Waals surface area contributed by atoms with Gasteiger partial charge in [-0.25, -0.2) is 0 Å². The molecule has 0 radical (unpaired) electrons. The molecule has 0 aromatic heterocycles. The molecule has 1 saturated carbocycles. The third-order valence-electron chi connectivity index (χ3n) is 5.15. The van der Waals surface area contributed by atoms with Crippen molar-refractivity contribution in [2.24, 2.45) is 5.41 Å². The molecule has 0 aromatic rings. The van der Waals surface area contributed by atoms with E-state index in [-0.39, 0.29) is 0 Å². The lowest BCUT2D eigenvalue weighted by Gasteiger charge is -2.42. The van der Waals surface area contributed by atoms with E-state index in [9.17, 15) is 0 Å². The third kappa shape index (κ3) is 3.93. The van der Waals surface area contributed by atoms with Crippen molar-refractivity contribution in [3.63, 3.8) is 0 Å². The Bertz CT molecular complexity index is 263. The van der Waals surface area contributed by atoms with Crippen molar-refractivity contribution in [1.82, 2.24) is 10.2 Å². The minimum absolute atomic E-state index is 0.407. The highest BCUT2D eigenvalue weighted by molar-refractivity contribution is 4.90. The largest absolute Gasteiger partial charge is 0.377 e. The summed E-state index contributed by atoms with van der Waals surface area (Å²) in [5.74, 6) is 0. The molecule has 2 fully saturated rings. The van der Waals surface area contributed by atoms with Crippen LogP contribution in [0.2, 0.25) is 0 Å². The zero-order valence-corrected chi connectivity index (χ0v) is 13.1. The van der Waals surface area contributed by atoms with E-state index < -0.39 is 0 Å². The second-order valence-corrected chi connectivity index (χ2v) is 6.69. The molecule has 112 valence electrons. The summed E-state index contributed by atoms with van der Waals surface area (Å²) in [6.45, 7) is 8.90. The van der Waals surface area contributed by atoms with Gasteiger partial charge in [-0.15, -0.1) is 0 Å². The molecule has 0 bridgehead atoms. The topological polar surface area (TPSA) is 24.5 Å². The molecule has 2 unspecified atom stereocenters. The van der Waals surface area contributed by atoms with Gasteiger partial charge in [0.15, 0.2) is 0 Å². The maximum Gasteiger partial charge on any atom is 0.0702 e. The van der Waals surface area contributed by atoms with E-state index in [4.69, 9.17) is 4.74 Å². The van der Waals surface area contributed by atoms with E-state index in [0.29, 0.717) is 17.6 Å². The monoisotopic (exact) mass is 268 g/mol. The summed E-state index contributed by atoms with van der Waals surface area (Å²) < 4.78 is 5.73. The Hall–Kier alpha value is -0.120. The van der Waals surface area contributed by atoms with Crippen LogP contribution in [0.4, 0.5) is 0 Å². The molecule has 1 N–H and O–H groups in total. The van der Waals surface area contributed by atoms with Crippen molar-refractivity contribution in [3.05, 3.63) is 0 Å². The molecular formula is C16H32N2O. The number of hydrogen-bond acceptors (Lipinski definition) is 3. The van der Waals surface area contributed by atoms with Gasteiger partial charge in [0, 0.05) is 25.7 Å². The highest BCUT2D eigenvalue weighted by Gasteiger charge is 2.36. The first-order chi connectivity index (χ1) is 9.17. The standard InChI is InChI=1S/C16H32N2O/c1-4-17-12-16(9-6-5-7-10-16)13-18(3)15-8-11-19-14(15)2/h14-15,17H,4-13H2,1-3H3. The number of likely N-dealkylation sites (N-methyl/N-ethyl adjacent to an activating group) is 1. The summed E-state index contributed by atoms with van der Waals surface area (Å²) in [4.78, 5) is 2.58. The molecule has 1 saturated heterocycles. The highest BCUT2D eigenvalue weighted by atomic mass is 16.5. The fourth-order valence-corrected chi connectivity index (χ4v) is 4.03. The summed E-state index contributed by atoms with van der Waals surface area (Å²) >= 11 is 0. The molecular weight excluding hydrogens is 236 g/mol. The lowest BCUT2D eigenvalue weighted by atomic mass is 9.73. The van der Waals surface area contributed by atoms with Crippen LogP contribution in [0.15, 0.2) is 0 Å². The number of hydrogen-bond donors (Lipinski definition) is 1. The van der Waals surface area contributed by atoms with E-state index in [0.717, 1.165) is 13.2 Å². The lowest BCUT2D eigenvalue weighted by molar-refractivity contribution is 0.0505. The second kappa shape index (κ2) is 7.05. The van der Waals surface area contributed by atoms with Crippen molar-refractivity contribution >= 4 is 0 Å². The maximum atomic E-state index is 5.73. The highest BCUT2D eigenvalue weighted by Crippen LogP contribution is 2.37. The quantitative estimate of drug-likeness (QED) is 0.801. The lowest BCUT2D eigenvalue weighted by Crippen LogP contribution is -2.48. The van der Waals surface area contributed by atoms with Gasteiger partial charge < -0.3 is 15.0 Å². The molecule has 3 nitrogen and oxygen atoms in total. The maximum absolute atomic E-state index is 5.73.